The first kappa shape index (κ1) is 12.9. The van der Waals surface area contributed by atoms with Gasteiger partial charge in [0, 0.05) is 21.1 Å². The van der Waals surface area contributed by atoms with Crippen LogP contribution in [-0.4, -0.2) is 10.9 Å². The van der Waals surface area contributed by atoms with E-state index < -0.39 is 0 Å². The van der Waals surface area contributed by atoms with Crippen LogP contribution >= 0.6 is 15.9 Å². The van der Waals surface area contributed by atoms with Crippen molar-refractivity contribution >= 4 is 38.4 Å². The van der Waals surface area contributed by atoms with Gasteiger partial charge in [0.1, 0.15) is 11.5 Å². The van der Waals surface area contributed by atoms with E-state index in [-0.39, 0.29) is 11.7 Å². The van der Waals surface area contributed by atoms with E-state index in [9.17, 15) is 9.18 Å². The zero-order valence-corrected chi connectivity index (χ0v) is 11.9. The molecule has 0 fully saturated rings. The van der Waals surface area contributed by atoms with Crippen LogP contribution in [0.15, 0.2) is 53.0 Å². The number of rotatable bonds is 2. The molecule has 0 aliphatic carbocycles. The number of hydrogen-bond donors (Lipinski definition) is 2. The van der Waals surface area contributed by atoms with Crippen LogP contribution in [0, 0.1) is 5.82 Å². The molecule has 3 nitrogen and oxygen atoms in total. The third-order valence-corrected chi connectivity index (χ3v) is 3.46. The van der Waals surface area contributed by atoms with Crippen LogP contribution in [0.25, 0.3) is 10.9 Å². The van der Waals surface area contributed by atoms with E-state index in [1.54, 1.807) is 24.3 Å². The molecular weight excluding hydrogens is 323 g/mol. The molecule has 1 aromatic heterocycles. The first-order valence-corrected chi connectivity index (χ1v) is 6.76. The SMILES string of the molecule is O=C(Nc1ccc(Br)cc1)c1cc2cc(F)ccc2[nH]1. The zero-order chi connectivity index (χ0) is 14.1. The highest BCUT2D eigenvalue weighted by Gasteiger charge is 2.10. The smallest absolute Gasteiger partial charge is 0.272 e. The number of benzene rings is 2. The van der Waals surface area contributed by atoms with Crippen molar-refractivity contribution in [1.29, 1.82) is 0 Å². The Morgan fingerprint density at radius 3 is 2.60 bits per heavy atom. The highest BCUT2D eigenvalue weighted by atomic mass is 79.9. The van der Waals surface area contributed by atoms with Gasteiger partial charge in [0.15, 0.2) is 0 Å². The van der Waals surface area contributed by atoms with Crippen LogP contribution < -0.4 is 5.32 Å². The third kappa shape index (κ3) is 2.58. The lowest BCUT2D eigenvalue weighted by atomic mass is 10.2. The fourth-order valence-corrected chi connectivity index (χ4v) is 2.22. The highest BCUT2D eigenvalue weighted by Crippen LogP contribution is 2.19. The zero-order valence-electron chi connectivity index (χ0n) is 10.3. The summed E-state index contributed by atoms with van der Waals surface area (Å²) in [6.45, 7) is 0. The number of nitrogens with one attached hydrogen (secondary N) is 2. The fraction of sp³-hybridized carbons (Fsp3) is 0. The van der Waals surface area contributed by atoms with Gasteiger partial charge < -0.3 is 10.3 Å². The number of amides is 1. The second-order valence-corrected chi connectivity index (χ2v) is 5.29. The lowest BCUT2D eigenvalue weighted by molar-refractivity contribution is 0.102. The summed E-state index contributed by atoms with van der Waals surface area (Å²) in [5.74, 6) is -0.583. The summed E-state index contributed by atoms with van der Waals surface area (Å²) >= 11 is 3.33. The molecular formula is C15H10BrFN2O. The Morgan fingerprint density at radius 1 is 1.10 bits per heavy atom. The van der Waals surface area contributed by atoms with Crippen LogP contribution in [0.4, 0.5) is 10.1 Å². The lowest BCUT2D eigenvalue weighted by Gasteiger charge is -2.03. The van der Waals surface area contributed by atoms with E-state index in [2.05, 4.69) is 26.2 Å². The van der Waals surface area contributed by atoms with Crippen LogP contribution in [-0.2, 0) is 0 Å². The van der Waals surface area contributed by atoms with Crippen molar-refractivity contribution in [1.82, 2.24) is 4.98 Å². The standard InChI is InChI=1S/C15H10BrFN2O/c16-10-1-4-12(5-2-10)18-15(20)14-8-9-7-11(17)3-6-13(9)19-14/h1-8,19H,(H,18,20). The fourth-order valence-electron chi connectivity index (χ4n) is 1.96. The molecule has 0 spiro atoms. The average molecular weight is 333 g/mol. The van der Waals surface area contributed by atoms with Crippen LogP contribution in [0.1, 0.15) is 10.5 Å². The topological polar surface area (TPSA) is 44.9 Å². The minimum Gasteiger partial charge on any atom is -0.351 e. The van der Waals surface area contributed by atoms with Crippen molar-refractivity contribution in [3.05, 3.63) is 64.5 Å². The van der Waals surface area contributed by atoms with Crippen molar-refractivity contribution in [3.63, 3.8) is 0 Å². The highest BCUT2D eigenvalue weighted by molar-refractivity contribution is 9.10. The Morgan fingerprint density at radius 2 is 1.85 bits per heavy atom. The van der Waals surface area contributed by atoms with Crippen molar-refractivity contribution in [2.75, 3.05) is 5.32 Å². The van der Waals surface area contributed by atoms with Gasteiger partial charge in [-0.05, 0) is 48.5 Å². The summed E-state index contributed by atoms with van der Waals surface area (Å²) in [6, 6.07) is 13.3. The Hall–Kier alpha value is -2.14. The predicted octanol–water partition coefficient (Wildman–Crippen LogP) is 4.32. The van der Waals surface area contributed by atoms with Gasteiger partial charge in [0.05, 0.1) is 0 Å². The molecule has 3 aromatic rings. The van der Waals surface area contributed by atoms with Gasteiger partial charge in [-0.25, -0.2) is 4.39 Å². The monoisotopic (exact) mass is 332 g/mol. The maximum absolute atomic E-state index is 13.1. The van der Waals surface area contributed by atoms with Crippen molar-refractivity contribution in [3.8, 4) is 0 Å². The number of hydrogen-bond acceptors (Lipinski definition) is 1. The molecule has 5 heteroatoms. The van der Waals surface area contributed by atoms with Gasteiger partial charge in [0.2, 0.25) is 0 Å². The summed E-state index contributed by atoms with van der Waals surface area (Å²) < 4.78 is 14.1. The molecule has 1 heterocycles. The Bertz CT molecular complexity index is 780. The Balaban J connectivity index is 1.86. The van der Waals surface area contributed by atoms with Gasteiger partial charge in [-0.1, -0.05) is 15.9 Å². The molecule has 0 unspecified atom stereocenters. The summed E-state index contributed by atoms with van der Waals surface area (Å²) in [5.41, 5.74) is 1.82. The van der Waals surface area contributed by atoms with Crippen molar-refractivity contribution in [2.24, 2.45) is 0 Å². The summed E-state index contributed by atoms with van der Waals surface area (Å²) in [7, 11) is 0. The number of carbonyl (C=O) groups is 1. The quantitative estimate of drug-likeness (QED) is 0.721. The van der Waals surface area contributed by atoms with E-state index in [0.29, 0.717) is 16.8 Å². The second-order valence-electron chi connectivity index (χ2n) is 4.38. The Labute approximate surface area is 122 Å². The second kappa shape index (κ2) is 5.09. The summed E-state index contributed by atoms with van der Waals surface area (Å²) in [4.78, 5) is 15.1. The number of aromatic amines is 1. The average Bonchev–Trinajstić information content (AvgIpc) is 2.84. The normalized spacial score (nSPS) is 10.7. The molecule has 0 bridgehead atoms. The van der Waals surface area contributed by atoms with Crippen molar-refractivity contribution < 1.29 is 9.18 Å². The lowest BCUT2D eigenvalue weighted by Crippen LogP contribution is -2.11. The number of aromatic nitrogens is 1. The molecule has 0 saturated heterocycles. The van der Waals surface area contributed by atoms with E-state index in [1.807, 2.05) is 12.1 Å². The van der Waals surface area contributed by atoms with Gasteiger partial charge in [-0.15, -0.1) is 0 Å². The molecule has 2 aromatic carbocycles. The van der Waals surface area contributed by atoms with Gasteiger partial charge in [-0.3, -0.25) is 4.79 Å². The molecule has 1 amide bonds. The molecule has 20 heavy (non-hydrogen) atoms. The molecule has 0 saturated carbocycles. The molecule has 100 valence electrons. The Kier molecular flexibility index (Phi) is 3.28. The number of H-pyrrole nitrogens is 1. The van der Waals surface area contributed by atoms with Crippen LogP contribution in [0.5, 0.6) is 0 Å². The first-order valence-electron chi connectivity index (χ1n) is 5.97. The number of anilines is 1. The number of carbonyl (C=O) groups excluding carboxylic acids is 1. The number of fused-ring (bicyclic) bond motifs is 1. The van der Waals surface area contributed by atoms with E-state index in [4.69, 9.17) is 0 Å². The van der Waals surface area contributed by atoms with Crippen LogP contribution in [0.2, 0.25) is 0 Å². The largest absolute Gasteiger partial charge is 0.351 e. The molecule has 2 N–H and O–H groups in total. The summed E-state index contributed by atoms with van der Waals surface area (Å²) in [5, 5.41) is 3.45. The van der Waals surface area contributed by atoms with Gasteiger partial charge in [-0.2, -0.15) is 0 Å². The first-order chi connectivity index (χ1) is 9.61. The minimum atomic E-state index is -0.323. The maximum Gasteiger partial charge on any atom is 0.272 e. The molecule has 0 radical (unpaired) electrons. The maximum atomic E-state index is 13.1. The number of halogens is 2. The predicted molar refractivity (Wildman–Crippen MR) is 80.4 cm³/mol. The van der Waals surface area contributed by atoms with E-state index in [1.165, 1.54) is 12.1 Å². The molecule has 0 aliphatic rings. The molecule has 0 aliphatic heterocycles. The van der Waals surface area contributed by atoms with E-state index in [0.717, 1.165) is 9.99 Å². The molecule has 0 atom stereocenters. The van der Waals surface area contributed by atoms with Crippen LogP contribution in [0.3, 0.4) is 0 Å². The minimum absolute atomic E-state index is 0.260. The van der Waals surface area contributed by atoms with Crippen molar-refractivity contribution in [2.45, 2.75) is 0 Å². The molecule has 3 rings (SSSR count). The van der Waals surface area contributed by atoms with E-state index >= 15 is 0 Å². The van der Waals surface area contributed by atoms with Gasteiger partial charge in [0.25, 0.3) is 5.91 Å². The summed E-state index contributed by atoms with van der Waals surface area (Å²) in [6.07, 6.45) is 0. The van der Waals surface area contributed by atoms with Gasteiger partial charge >= 0.3 is 0 Å². The third-order valence-electron chi connectivity index (χ3n) is 2.93.